The van der Waals surface area contributed by atoms with Crippen LogP contribution in [0.4, 0.5) is 11.6 Å². The molecule has 27 heavy (non-hydrogen) atoms. The van der Waals surface area contributed by atoms with Crippen molar-refractivity contribution in [3.05, 3.63) is 66.0 Å². The van der Waals surface area contributed by atoms with Gasteiger partial charge >= 0.3 is 0 Å². The first kappa shape index (κ1) is 17.4. The third kappa shape index (κ3) is 3.90. The number of nitrogen functional groups attached to an aromatic ring is 1. The maximum Gasteiger partial charge on any atom is 0.161 e. The molecule has 0 aliphatic carbocycles. The molecule has 0 unspecified atom stereocenters. The molecule has 4 rings (SSSR count). The summed E-state index contributed by atoms with van der Waals surface area (Å²) in [7, 11) is 0. The first-order valence-electron chi connectivity index (χ1n) is 9.26. The molecule has 2 aromatic heterocycles. The van der Waals surface area contributed by atoms with E-state index in [0.717, 1.165) is 55.5 Å². The Morgan fingerprint density at radius 2 is 1.67 bits per heavy atom. The number of hydrogen-bond acceptors (Lipinski definition) is 6. The molecule has 1 aliphatic rings. The van der Waals surface area contributed by atoms with E-state index >= 15 is 0 Å². The minimum absolute atomic E-state index is 0.626. The number of pyridine rings is 1. The average Bonchev–Trinajstić information content (AvgIpc) is 2.73. The Kier molecular flexibility index (Phi) is 4.98. The molecule has 0 amide bonds. The molecule has 0 bridgehead atoms. The highest BCUT2D eigenvalue weighted by atomic mass is 15.3. The van der Waals surface area contributed by atoms with E-state index < -0.39 is 0 Å². The normalized spacial score (nSPS) is 15.1. The lowest BCUT2D eigenvalue weighted by Gasteiger charge is -2.35. The molecule has 2 N–H and O–H groups in total. The van der Waals surface area contributed by atoms with Gasteiger partial charge in [0.1, 0.15) is 11.6 Å². The molecule has 1 saturated heterocycles. The second-order valence-corrected chi connectivity index (χ2v) is 6.85. The number of nitrogens with two attached hydrogens (primary N) is 1. The monoisotopic (exact) mass is 360 g/mol. The van der Waals surface area contributed by atoms with Gasteiger partial charge in [0.05, 0.1) is 0 Å². The molecule has 1 fully saturated rings. The van der Waals surface area contributed by atoms with Crippen LogP contribution in [0.5, 0.6) is 0 Å². The summed E-state index contributed by atoms with van der Waals surface area (Å²) in [6.07, 6.45) is 3.64. The van der Waals surface area contributed by atoms with E-state index in [0.29, 0.717) is 5.82 Å². The number of nitrogens with zero attached hydrogens (tertiary/aromatic N) is 5. The summed E-state index contributed by atoms with van der Waals surface area (Å²) in [4.78, 5) is 18.1. The van der Waals surface area contributed by atoms with E-state index in [4.69, 9.17) is 10.7 Å². The van der Waals surface area contributed by atoms with E-state index in [2.05, 4.69) is 25.8 Å². The third-order valence-electron chi connectivity index (χ3n) is 5.12. The SMILES string of the molecule is Cc1c(CN2CCN(c3ccnc(-c4ccccc4)n3)CC2)ccnc1N. The predicted molar refractivity (Wildman–Crippen MR) is 108 cm³/mol. The van der Waals surface area contributed by atoms with Crippen LogP contribution in [0, 0.1) is 6.92 Å². The van der Waals surface area contributed by atoms with Crippen LogP contribution in [0.3, 0.4) is 0 Å². The Hall–Kier alpha value is -2.99. The zero-order valence-electron chi connectivity index (χ0n) is 15.5. The van der Waals surface area contributed by atoms with Gasteiger partial charge < -0.3 is 10.6 Å². The van der Waals surface area contributed by atoms with Gasteiger partial charge in [0, 0.05) is 50.7 Å². The summed E-state index contributed by atoms with van der Waals surface area (Å²) in [6.45, 7) is 6.83. The average molecular weight is 360 g/mol. The number of benzene rings is 1. The number of aromatic nitrogens is 3. The molecule has 1 aliphatic heterocycles. The molecule has 138 valence electrons. The Labute approximate surface area is 159 Å². The summed E-state index contributed by atoms with van der Waals surface area (Å²) >= 11 is 0. The Morgan fingerprint density at radius 1 is 0.926 bits per heavy atom. The highest BCUT2D eigenvalue weighted by molar-refractivity contribution is 5.57. The van der Waals surface area contributed by atoms with Gasteiger partial charge in [-0.1, -0.05) is 30.3 Å². The fraction of sp³-hybridized carbons (Fsp3) is 0.286. The third-order valence-corrected chi connectivity index (χ3v) is 5.12. The van der Waals surface area contributed by atoms with Crippen molar-refractivity contribution in [2.45, 2.75) is 13.5 Å². The van der Waals surface area contributed by atoms with Gasteiger partial charge in [0.2, 0.25) is 0 Å². The molecule has 6 heteroatoms. The largest absolute Gasteiger partial charge is 0.383 e. The van der Waals surface area contributed by atoms with Crippen molar-refractivity contribution in [3.63, 3.8) is 0 Å². The fourth-order valence-corrected chi connectivity index (χ4v) is 3.39. The molecule has 3 aromatic rings. The van der Waals surface area contributed by atoms with Crippen LogP contribution in [-0.4, -0.2) is 46.0 Å². The molecule has 1 aromatic carbocycles. The van der Waals surface area contributed by atoms with Crippen LogP contribution in [0.15, 0.2) is 54.9 Å². The minimum atomic E-state index is 0.626. The van der Waals surface area contributed by atoms with Crippen molar-refractivity contribution >= 4 is 11.6 Å². The number of anilines is 2. The van der Waals surface area contributed by atoms with Gasteiger partial charge in [-0.25, -0.2) is 15.0 Å². The molecule has 6 nitrogen and oxygen atoms in total. The van der Waals surface area contributed by atoms with E-state index in [-0.39, 0.29) is 0 Å². The quantitative estimate of drug-likeness (QED) is 0.771. The van der Waals surface area contributed by atoms with Crippen molar-refractivity contribution in [2.75, 3.05) is 36.8 Å². The highest BCUT2D eigenvalue weighted by Gasteiger charge is 2.19. The van der Waals surface area contributed by atoms with Crippen molar-refractivity contribution < 1.29 is 0 Å². The number of rotatable bonds is 4. The van der Waals surface area contributed by atoms with E-state index in [9.17, 15) is 0 Å². The smallest absolute Gasteiger partial charge is 0.161 e. The Balaban J connectivity index is 1.42. The Bertz CT molecular complexity index is 904. The first-order chi connectivity index (χ1) is 13.2. The van der Waals surface area contributed by atoms with Crippen molar-refractivity contribution in [1.29, 1.82) is 0 Å². The second-order valence-electron chi connectivity index (χ2n) is 6.85. The van der Waals surface area contributed by atoms with Gasteiger partial charge in [0.15, 0.2) is 5.82 Å². The van der Waals surface area contributed by atoms with Crippen molar-refractivity contribution in [3.8, 4) is 11.4 Å². The molecule has 0 spiro atoms. The van der Waals surface area contributed by atoms with Crippen molar-refractivity contribution in [1.82, 2.24) is 19.9 Å². The van der Waals surface area contributed by atoms with E-state index in [1.54, 1.807) is 6.20 Å². The van der Waals surface area contributed by atoms with Gasteiger partial charge in [0.25, 0.3) is 0 Å². The number of hydrogen-bond donors (Lipinski definition) is 1. The van der Waals surface area contributed by atoms with E-state index in [1.807, 2.05) is 49.5 Å². The zero-order chi connectivity index (χ0) is 18.6. The molecule has 0 atom stereocenters. The fourth-order valence-electron chi connectivity index (χ4n) is 3.39. The van der Waals surface area contributed by atoms with Crippen LogP contribution in [0.1, 0.15) is 11.1 Å². The zero-order valence-corrected chi connectivity index (χ0v) is 15.5. The molecular formula is C21H24N6. The van der Waals surface area contributed by atoms with Gasteiger partial charge in [-0.05, 0) is 30.2 Å². The first-order valence-corrected chi connectivity index (χ1v) is 9.26. The van der Waals surface area contributed by atoms with Crippen LogP contribution in [0.25, 0.3) is 11.4 Å². The summed E-state index contributed by atoms with van der Waals surface area (Å²) in [5.74, 6) is 2.40. The highest BCUT2D eigenvalue weighted by Crippen LogP contribution is 2.20. The van der Waals surface area contributed by atoms with Crippen LogP contribution >= 0.6 is 0 Å². The van der Waals surface area contributed by atoms with Crippen LogP contribution < -0.4 is 10.6 Å². The van der Waals surface area contributed by atoms with Gasteiger partial charge in [-0.3, -0.25) is 4.90 Å². The minimum Gasteiger partial charge on any atom is -0.383 e. The maximum atomic E-state index is 5.93. The lowest BCUT2D eigenvalue weighted by molar-refractivity contribution is 0.249. The molecule has 0 radical (unpaired) electrons. The molecule has 0 saturated carbocycles. The lowest BCUT2D eigenvalue weighted by atomic mass is 10.1. The second kappa shape index (κ2) is 7.72. The topological polar surface area (TPSA) is 71.2 Å². The van der Waals surface area contributed by atoms with Crippen LogP contribution in [0.2, 0.25) is 0 Å². The lowest BCUT2D eigenvalue weighted by Crippen LogP contribution is -2.46. The summed E-state index contributed by atoms with van der Waals surface area (Å²) in [6, 6.07) is 14.2. The van der Waals surface area contributed by atoms with Gasteiger partial charge in [-0.15, -0.1) is 0 Å². The summed E-state index contributed by atoms with van der Waals surface area (Å²) < 4.78 is 0. The number of piperazine rings is 1. The van der Waals surface area contributed by atoms with E-state index in [1.165, 1.54) is 5.56 Å². The van der Waals surface area contributed by atoms with Gasteiger partial charge in [-0.2, -0.15) is 0 Å². The predicted octanol–water partition coefficient (Wildman–Crippen LogP) is 2.75. The summed E-state index contributed by atoms with van der Waals surface area (Å²) in [5, 5.41) is 0. The summed E-state index contributed by atoms with van der Waals surface area (Å²) in [5.41, 5.74) is 9.32. The Morgan fingerprint density at radius 3 is 2.44 bits per heavy atom. The standard InChI is InChI=1S/C21H24N6/c1-16-18(7-9-23-20(16)22)15-26-11-13-27(14-12-26)19-8-10-24-21(25-19)17-5-3-2-4-6-17/h2-10H,11-15H2,1H3,(H2,22,23). The molecule has 3 heterocycles. The maximum absolute atomic E-state index is 5.93. The van der Waals surface area contributed by atoms with Crippen molar-refractivity contribution in [2.24, 2.45) is 0 Å². The van der Waals surface area contributed by atoms with Crippen LogP contribution in [-0.2, 0) is 6.54 Å². The molecular weight excluding hydrogens is 336 g/mol.